The summed E-state index contributed by atoms with van der Waals surface area (Å²) in [6.45, 7) is 5.14. The van der Waals surface area contributed by atoms with E-state index < -0.39 is 83.9 Å². The molecule has 262 valence electrons. The molecule has 9 atom stereocenters. The first-order chi connectivity index (χ1) is 22.1. The lowest BCUT2D eigenvalue weighted by atomic mass is 9.84. The molecule has 1 aliphatic rings. The zero-order valence-electron chi connectivity index (χ0n) is 26.6. The third-order valence-corrected chi connectivity index (χ3v) is 8.45. The van der Waals surface area contributed by atoms with Crippen LogP contribution in [-0.2, 0) is 19.1 Å². The van der Waals surface area contributed by atoms with E-state index in [1.165, 1.54) is 31.2 Å². The summed E-state index contributed by atoms with van der Waals surface area (Å²) in [6.07, 6.45) is 8.47. The Morgan fingerprint density at radius 1 is 1.04 bits per heavy atom. The number of primary amides is 1. The molecule has 8 N–H and O–H groups in total. The third kappa shape index (κ3) is 15.5. The first-order valence-corrected chi connectivity index (χ1v) is 16.0. The Hall–Kier alpha value is -3.26. The van der Waals surface area contributed by atoms with Crippen LogP contribution in [0.2, 0.25) is 0 Å². The molecule has 0 aromatic heterocycles. The Labute approximate surface area is 285 Å². The molecular weight excluding hydrogens is 655 g/mol. The normalized spacial score (nSPS) is 23.5. The SMILES string of the molecule is CC/C=C/[C@@H](OC(N)=O)[C@@H](Cl)[C@H](O)CC(=O)[C@@H](O)[C@H](O)[C@H](C)/C(Cl)=C/C=C/C=C(C)/C=C/C=C/C(=O)N[C@@H]1C[C@@H](C(=O)O)CC[C@H]1O. The number of nitrogens with two attached hydrogens (primary N) is 1. The lowest BCUT2D eigenvalue weighted by Gasteiger charge is -2.31. The maximum absolute atomic E-state index is 12.6. The van der Waals surface area contributed by atoms with Crippen molar-refractivity contribution >= 4 is 47.0 Å². The number of carboxylic acids is 1. The van der Waals surface area contributed by atoms with Crippen molar-refractivity contribution in [1.82, 2.24) is 5.32 Å². The molecule has 0 aliphatic heterocycles. The molecule has 14 heteroatoms. The predicted octanol–water partition coefficient (Wildman–Crippen LogP) is 3.17. The maximum Gasteiger partial charge on any atom is 0.405 e. The predicted molar refractivity (Wildman–Crippen MR) is 178 cm³/mol. The highest BCUT2D eigenvalue weighted by Crippen LogP contribution is 2.25. The lowest BCUT2D eigenvalue weighted by molar-refractivity contribution is -0.144. The standard InChI is InChI=1S/C33H46Cl2N2O10/c1-4-5-13-27(47-33(36)46)29(35)25(39)18-26(40)31(43)30(42)20(3)22(34)12-8-6-10-19(2)11-7-9-14-28(41)37-23-17-21(32(44)45)15-16-24(23)38/h5-14,20-21,23-25,27,29-31,38-39,42-43H,4,15-18H2,1-3H3,(H2,36,46)(H,37,41)(H,44,45)/b8-6+,11-7+,13-5+,14-9+,19-10+,22-12-/t20-,21+,23-,24-,25-,27-,29+,30-,31-/m1/s1. The summed E-state index contributed by atoms with van der Waals surface area (Å²) in [5.41, 5.74) is 5.85. The Morgan fingerprint density at radius 3 is 2.30 bits per heavy atom. The lowest BCUT2D eigenvalue weighted by Crippen LogP contribution is -2.47. The minimum Gasteiger partial charge on any atom is -0.481 e. The van der Waals surface area contributed by atoms with Crippen LogP contribution < -0.4 is 11.1 Å². The number of carboxylic acid groups (broad SMARTS) is 1. The highest BCUT2D eigenvalue weighted by molar-refractivity contribution is 6.30. The van der Waals surface area contributed by atoms with Crippen molar-refractivity contribution in [2.24, 2.45) is 17.6 Å². The molecule has 0 unspecified atom stereocenters. The summed E-state index contributed by atoms with van der Waals surface area (Å²) >= 11 is 12.5. The summed E-state index contributed by atoms with van der Waals surface area (Å²) in [6, 6.07) is -0.626. The van der Waals surface area contributed by atoms with E-state index in [4.69, 9.17) is 33.7 Å². The highest BCUT2D eigenvalue weighted by Gasteiger charge is 2.35. The molecule has 12 nitrogen and oxygen atoms in total. The first-order valence-electron chi connectivity index (χ1n) is 15.2. The number of aliphatic hydroxyl groups is 4. The fraction of sp³-hybridized carbons (Fsp3) is 0.515. The van der Waals surface area contributed by atoms with Crippen molar-refractivity contribution in [2.45, 2.75) is 94.8 Å². The largest absolute Gasteiger partial charge is 0.481 e. The molecule has 0 bridgehead atoms. The van der Waals surface area contributed by atoms with Crippen molar-refractivity contribution < 1.29 is 49.4 Å². The van der Waals surface area contributed by atoms with Gasteiger partial charge in [-0.3, -0.25) is 14.4 Å². The van der Waals surface area contributed by atoms with Crippen molar-refractivity contribution in [3.63, 3.8) is 0 Å². The second-order valence-corrected chi connectivity index (χ2v) is 12.2. The number of ether oxygens (including phenoxy) is 1. The van der Waals surface area contributed by atoms with E-state index in [-0.39, 0.29) is 11.5 Å². The number of Topliss-reactive ketones (excluding diaryl/α,β-unsaturated/α-hetero) is 1. The van der Waals surface area contributed by atoms with Gasteiger partial charge in [-0.1, -0.05) is 73.6 Å². The molecule has 0 spiro atoms. The molecule has 47 heavy (non-hydrogen) atoms. The number of carbonyl (C=O) groups excluding carboxylic acids is 3. The van der Waals surface area contributed by atoms with E-state index in [0.29, 0.717) is 19.3 Å². The average molecular weight is 702 g/mol. The number of aliphatic hydroxyl groups excluding tert-OH is 4. The Bertz CT molecular complexity index is 1250. The number of allylic oxidation sites excluding steroid dienone is 9. The highest BCUT2D eigenvalue weighted by atomic mass is 35.5. The number of ketones is 1. The summed E-state index contributed by atoms with van der Waals surface area (Å²) in [4.78, 5) is 47.1. The molecule has 0 radical (unpaired) electrons. The molecule has 1 fully saturated rings. The zero-order chi connectivity index (χ0) is 35.7. The van der Waals surface area contributed by atoms with Crippen molar-refractivity contribution in [3.8, 4) is 0 Å². The molecule has 1 aliphatic carbocycles. The van der Waals surface area contributed by atoms with Gasteiger partial charge in [0.05, 0.1) is 30.3 Å². The third-order valence-electron chi connectivity index (χ3n) is 7.44. The maximum atomic E-state index is 12.6. The van der Waals surface area contributed by atoms with Gasteiger partial charge in [-0.05, 0) is 44.8 Å². The van der Waals surface area contributed by atoms with Gasteiger partial charge in [0, 0.05) is 23.4 Å². The molecule has 0 aromatic carbocycles. The Kier molecular flexibility index (Phi) is 19.2. The molecule has 1 saturated carbocycles. The van der Waals surface area contributed by atoms with E-state index in [2.05, 4.69) is 5.32 Å². The second kappa shape index (κ2) is 21.6. The van der Waals surface area contributed by atoms with Gasteiger partial charge in [-0.15, -0.1) is 11.6 Å². The summed E-state index contributed by atoms with van der Waals surface area (Å²) in [5, 5.41) is 52.1. The number of halogens is 2. The fourth-order valence-corrected chi connectivity index (χ4v) is 5.00. The monoisotopic (exact) mass is 700 g/mol. The van der Waals surface area contributed by atoms with Crippen LogP contribution in [0.3, 0.4) is 0 Å². The summed E-state index contributed by atoms with van der Waals surface area (Å²) in [7, 11) is 0. The second-order valence-electron chi connectivity index (χ2n) is 11.2. The van der Waals surface area contributed by atoms with Crippen LogP contribution in [0.15, 0.2) is 71.4 Å². The van der Waals surface area contributed by atoms with Crippen LogP contribution >= 0.6 is 23.2 Å². The van der Waals surface area contributed by atoms with Crippen LogP contribution in [0.4, 0.5) is 4.79 Å². The van der Waals surface area contributed by atoms with Crippen LogP contribution in [0, 0.1) is 11.8 Å². The fourth-order valence-electron chi connectivity index (χ4n) is 4.58. The molecule has 0 saturated heterocycles. The summed E-state index contributed by atoms with van der Waals surface area (Å²) in [5.74, 6) is -3.74. The number of hydrogen-bond donors (Lipinski definition) is 7. The van der Waals surface area contributed by atoms with Gasteiger partial charge in [0.25, 0.3) is 0 Å². The number of rotatable bonds is 18. The van der Waals surface area contributed by atoms with Crippen LogP contribution in [0.1, 0.15) is 52.9 Å². The van der Waals surface area contributed by atoms with Gasteiger partial charge >= 0.3 is 12.1 Å². The molecule has 0 heterocycles. The van der Waals surface area contributed by atoms with Crippen LogP contribution in [-0.4, -0.2) is 91.2 Å². The Balaban J connectivity index is 2.66. The number of aliphatic carboxylic acids is 1. The zero-order valence-corrected chi connectivity index (χ0v) is 28.1. The van der Waals surface area contributed by atoms with E-state index in [9.17, 15) is 44.7 Å². The van der Waals surface area contributed by atoms with E-state index in [1.54, 1.807) is 43.4 Å². The topological polar surface area (TPSA) is 217 Å². The number of carbonyl (C=O) groups is 4. The molecule has 0 aromatic rings. The molecule has 2 amide bonds. The van der Waals surface area contributed by atoms with Crippen LogP contribution in [0.25, 0.3) is 0 Å². The smallest absolute Gasteiger partial charge is 0.405 e. The number of amides is 2. The van der Waals surface area contributed by atoms with Crippen molar-refractivity contribution in [1.29, 1.82) is 0 Å². The number of hydrogen-bond acceptors (Lipinski definition) is 9. The summed E-state index contributed by atoms with van der Waals surface area (Å²) < 4.78 is 4.88. The minimum atomic E-state index is -1.88. The van der Waals surface area contributed by atoms with Gasteiger partial charge < -0.3 is 41.3 Å². The van der Waals surface area contributed by atoms with E-state index >= 15 is 0 Å². The van der Waals surface area contributed by atoms with Gasteiger partial charge in [-0.2, -0.15) is 0 Å². The minimum absolute atomic E-state index is 0.143. The number of nitrogens with one attached hydrogen (secondary N) is 1. The van der Waals surface area contributed by atoms with Gasteiger partial charge in [0.1, 0.15) is 17.6 Å². The van der Waals surface area contributed by atoms with Crippen molar-refractivity contribution in [2.75, 3.05) is 0 Å². The van der Waals surface area contributed by atoms with Gasteiger partial charge in [-0.25, -0.2) is 4.79 Å². The van der Waals surface area contributed by atoms with Crippen LogP contribution in [0.5, 0.6) is 0 Å². The average Bonchev–Trinajstić information content (AvgIpc) is 3.02. The van der Waals surface area contributed by atoms with E-state index in [0.717, 1.165) is 5.57 Å². The number of alkyl halides is 1. The van der Waals surface area contributed by atoms with E-state index in [1.807, 2.05) is 6.92 Å². The molecular formula is C33H46Cl2N2O10. The Morgan fingerprint density at radius 2 is 1.68 bits per heavy atom. The van der Waals surface area contributed by atoms with Gasteiger partial charge in [0.2, 0.25) is 5.91 Å². The van der Waals surface area contributed by atoms with Gasteiger partial charge in [0.15, 0.2) is 5.78 Å². The quantitative estimate of drug-likeness (QED) is 0.0479. The van der Waals surface area contributed by atoms with Crippen molar-refractivity contribution in [3.05, 3.63) is 71.4 Å². The molecule has 1 rings (SSSR count). The first kappa shape index (κ1) is 41.8.